The molecule has 0 bridgehead atoms. The normalized spacial score (nSPS) is 15.0. The van der Waals surface area contributed by atoms with Crippen LogP contribution in [-0.4, -0.2) is 67.8 Å². The maximum absolute atomic E-state index is 12.9. The monoisotopic (exact) mass is 525 g/mol. The summed E-state index contributed by atoms with van der Waals surface area (Å²) in [6.07, 6.45) is -18.2. The van der Waals surface area contributed by atoms with E-state index in [-0.39, 0.29) is 26.3 Å². The molecule has 0 rings (SSSR count). The van der Waals surface area contributed by atoms with Crippen molar-refractivity contribution in [1.29, 1.82) is 0 Å². The molecule has 2 atom stereocenters. The fraction of sp³-hybridized carbons (Fsp3) is 0.875. The van der Waals surface area contributed by atoms with E-state index < -0.39 is 64.8 Å². The molecule has 33 heavy (non-hydrogen) atoms. The second-order valence-corrected chi connectivity index (χ2v) is 8.49. The third-order valence-electron chi connectivity index (χ3n) is 3.81. The molecule has 0 saturated heterocycles. The number of unbranched alkanes of at least 4 members (excludes halogenated alkanes) is 4. The molecule has 2 unspecified atom stereocenters. The van der Waals surface area contributed by atoms with Crippen molar-refractivity contribution in [3.05, 3.63) is 0 Å². The van der Waals surface area contributed by atoms with Crippen LogP contribution in [0.3, 0.4) is 0 Å². The maximum atomic E-state index is 12.9. The largest absolute Gasteiger partial charge is 0.451 e. The number of ether oxygens (including phenoxy) is 2. The molecule has 0 aliphatic carbocycles. The lowest BCUT2D eigenvalue weighted by molar-refractivity contribution is -0.262. The summed E-state index contributed by atoms with van der Waals surface area (Å²) in [5, 5.41) is 1.88. The Bertz CT molecular complexity index is 721. The lowest BCUT2D eigenvalue weighted by atomic mass is 10.1. The van der Waals surface area contributed by atoms with Gasteiger partial charge in [-0.3, -0.25) is 9.35 Å². The van der Waals surface area contributed by atoms with Crippen molar-refractivity contribution < 1.29 is 67.2 Å². The van der Waals surface area contributed by atoms with Crippen LogP contribution in [0.15, 0.2) is 0 Å². The number of carbonyl (C=O) groups is 2. The van der Waals surface area contributed by atoms with Gasteiger partial charge in [0.25, 0.3) is 22.1 Å². The molecule has 0 aromatic carbocycles. The van der Waals surface area contributed by atoms with Gasteiger partial charge < -0.3 is 14.8 Å². The maximum Gasteiger partial charge on any atom is 0.431 e. The minimum absolute atomic E-state index is 0.0496. The van der Waals surface area contributed by atoms with Crippen molar-refractivity contribution in [2.75, 3.05) is 12.3 Å². The molecule has 8 nitrogen and oxygen atoms in total. The van der Waals surface area contributed by atoms with Gasteiger partial charge in [-0.1, -0.05) is 19.3 Å². The van der Waals surface area contributed by atoms with Crippen LogP contribution in [0, 0.1) is 0 Å². The number of nitrogens with one attached hydrogen (secondary N) is 1. The van der Waals surface area contributed by atoms with Crippen molar-refractivity contribution in [1.82, 2.24) is 5.32 Å². The molecule has 0 spiro atoms. The molecular formula is C16H23F8NO7S. The molecule has 0 aliphatic heterocycles. The molecule has 0 fully saturated rings. The summed E-state index contributed by atoms with van der Waals surface area (Å²) < 4.78 is 139. The highest BCUT2D eigenvalue weighted by atomic mass is 32.2. The van der Waals surface area contributed by atoms with E-state index in [1.54, 1.807) is 0 Å². The lowest BCUT2D eigenvalue weighted by Crippen LogP contribution is -2.48. The first-order chi connectivity index (χ1) is 14.7. The van der Waals surface area contributed by atoms with Crippen LogP contribution in [0.4, 0.5) is 39.9 Å². The second-order valence-electron chi connectivity index (χ2n) is 7.00. The number of rotatable bonds is 13. The highest BCUT2D eigenvalue weighted by molar-refractivity contribution is 7.85. The van der Waals surface area contributed by atoms with Gasteiger partial charge in [0.1, 0.15) is 5.75 Å². The summed E-state index contributed by atoms with van der Waals surface area (Å²) in [6, 6.07) is 0. The van der Waals surface area contributed by atoms with Gasteiger partial charge >= 0.3 is 24.4 Å². The molecule has 0 aliphatic rings. The average molecular weight is 525 g/mol. The Hall–Kier alpha value is -1.91. The van der Waals surface area contributed by atoms with Crippen LogP contribution in [0.25, 0.3) is 0 Å². The number of alkyl carbamates (subject to hydrolysis) is 1. The first-order valence-electron chi connectivity index (χ1n) is 9.34. The standard InChI is InChI=1S/C16H23F8NO7S/c1-14(17,18)12(16(22,23)24)32-13(27)25-8-6-4-2-3-5-7-11(26)31-10(15(19,20)21)9-33(28,29)30/h10,12H,2-9H2,1H3,(H,25,27)(H,28,29,30). The van der Waals surface area contributed by atoms with Gasteiger partial charge in [0, 0.05) is 19.9 Å². The minimum Gasteiger partial charge on any atom is -0.451 e. The van der Waals surface area contributed by atoms with Crippen LogP contribution in [0.1, 0.15) is 45.4 Å². The van der Waals surface area contributed by atoms with E-state index in [4.69, 9.17) is 4.55 Å². The Morgan fingerprint density at radius 3 is 1.85 bits per heavy atom. The van der Waals surface area contributed by atoms with Crippen LogP contribution >= 0.6 is 0 Å². The van der Waals surface area contributed by atoms with E-state index in [9.17, 15) is 53.1 Å². The quantitative estimate of drug-likeness (QED) is 0.162. The van der Waals surface area contributed by atoms with E-state index in [1.807, 2.05) is 5.32 Å². The van der Waals surface area contributed by atoms with Gasteiger partial charge in [0.2, 0.25) is 6.10 Å². The SMILES string of the molecule is CC(F)(F)C(OC(=O)NCCCCCCCC(=O)OC(CS(=O)(=O)O)C(F)(F)F)C(F)(F)F. The average Bonchev–Trinajstić information content (AvgIpc) is 2.57. The number of esters is 1. The molecule has 2 N–H and O–H groups in total. The number of halogens is 8. The van der Waals surface area contributed by atoms with Crippen LogP contribution < -0.4 is 5.32 Å². The van der Waals surface area contributed by atoms with E-state index in [1.165, 1.54) is 0 Å². The Morgan fingerprint density at radius 2 is 1.39 bits per heavy atom. The number of amides is 1. The minimum atomic E-state index is -5.47. The Balaban J connectivity index is 4.14. The molecule has 0 aromatic heterocycles. The van der Waals surface area contributed by atoms with Gasteiger partial charge in [-0.05, 0) is 12.8 Å². The van der Waals surface area contributed by atoms with Crippen LogP contribution in [0.2, 0.25) is 0 Å². The van der Waals surface area contributed by atoms with Gasteiger partial charge in [-0.15, -0.1) is 0 Å². The van der Waals surface area contributed by atoms with Crippen molar-refractivity contribution in [2.45, 2.75) is 75.9 Å². The lowest BCUT2D eigenvalue weighted by Gasteiger charge is -2.25. The highest BCUT2D eigenvalue weighted by Gasteiger charge is 2.56. The zero-order chi connectivity index (χ0) is 26.1. The zero-order valence-electron chi connectivity index (χ0n) is 17.1. The zero-order valence-corrected chi connectivity index (χ0v) is 18.0. The molecule has 196 valence electrons. The van der Waals surface area contributed by atoms with Crippen molar-refractivity contribution in [3.63, 3.8) is 0 Å². The van der Waals surface area contributed by atoms with Gasteiger partial charge in [-0.2, -0.15) is 34.8 Å². The second kappa shape index (κ2) is 12.5. The molecule has 0 saturated carbocycles. The first-order valence-corrected chi connectivity index (χ1v) is 10.9. The van der Waals surface area contributed by atoms with E-state index >= 15 is 0 Å². The summed E-state index contributed by atoms with van der Waals surface area (Å²) in [4.78, 5) is 22.7. The van der Waals surface area contributed by atoms with E-state index in [0.717, 1.165) is 0 Å². The van der Waals surface area contributed by atoms with Crippen molar-refractivity contribution in [3.8, 4) is 0 Å². The Labute approximate surface area is 183 Å². The van der Waals surface area contributed by atoms with E-state index in [0.29, 0.717) is 19.3 Å². The third-order valence-corrected chi connectivity index (χ3v) is 4.53. The molecule has 1 amide bonds. The molecule has 0 aromatic rings. The smallest absolute Gasteiger partial charge is 0.431 e. The number of carbonyl (C=O) groups excluding carboxylic acids is 2. The van der Waals surface area contributed by atoms with Gasteiger partial charge in [0.05, 0.1) is 0 Å². The number of alkyl halides is 8. The summed E-state index contributed by atoms with van der Waals surface area (Å²) in [5.41, 5.74) is 0. The van der Waals surface area contributed by atoms with Crippen LogP contribution in [0.5, 0.6) is 0 Å². The van der Waals surface area contributed by atoms with Crippen molar-refractivity contribution in [2.24, 2.45) is 0 Å². The summed E-state index contributed by atoms with van der Waals surface area (Å²) in [5.74, 6) is -7.52. The topological polar surface area (TPSA) is 119 Å². The third kappa shape index (κ3) is 14.8. The summed E-state index contributed by atoms with van der Waals surface area (Å²) in [7, 11) is -5.05. The number of hydrogen-bond acceptors (Lipinski definition) is 6. The Kier molecular flexibility index (Phi) is 11.8. The highest BCUT2D eigenvalue weighted by Crippen LogP contribution is 2.34. The first kappa shape index (κ1) is 31.1. The predicted octanol–water partition coefficient (Wildman–Crippen LogP) is 4.00. The predicted molar refractivity (Wildman–Crippen MR) is 95.0 cm³/mol. The fourth-order valence-electron chi connectivity index (χ4n) is 2.33. The van der Waals surface area contributed by atoms with Crippen LogP contribution in [-0.2, 0) is 24.4 Å². The molecule has 0 heterocycles. The van der Waals surface area contributed by atoms with Gasteiger partial charge in [0.15, 0.2) is 0 Å². The summed E-state index contributed by atoms with van der Waals surface area (Å²) >= 11 is 0. The molecule has 0 radical (unpaired) electrons. The van der Waals surface area contributed by atoms with Gasteiger partial charge in [-0.25, -0.2) is 13.6 Å². The number of hydrogen-bond donors (Lipinski definition) is 2. The Morgan fingerprint density at radius 1 is 0.879 bits per heavy atom. The molecule has 17 heteroatoms. The summed E-state index contributed by atoms with van der Waals surface area (Å²) in [6.45, 7) is -0.254. The fourth-order valence-corrected chi connectivity index (χ4v) is 2.97. The van der Waals surface area contributed by atoms with Crippen molar-refractivity contribution >= 4 is 22.2 Å². The van der Waals surface area contributed by atoms with E-state index in [2.05, 4.69) is 9.47 Å². The molecular weight excluding hydrogens is 502 g/mol.